The van der Waals surface area contributed by atoms with E-state index in [2.05, 4.69) is 32.7 Å². The summed E-state index contributed by atoms with van der Waals surface area (Å²) in [4.78, 5) is 2.35. The predicted molar refractivity (Wildman–Crippen MR) is 62.1 cm³/mol. The van der Waals surface area contributed by atoms with Gasteiger partial charge in [0.25, 0.3) is 0 Å². The summed E-state index contributed by atoms with van der Waals surface area (Å²) in [6.45, 7) is 10.3. The van der Waals surface area contributed by atoms with Crippen molar-refractivity contribution in [3.8, 4) is 0 Å². The van der Waals surface area contributed by atoms with E-state index in [1.165, 1.54) is 0 Å². The minimum Gasteiger partial charge on any atom is -0.377 e. The molecule has 1 heterocycles. The normalized spacial score (nSPS) is 30.0. The molecule has 0 aromatic rings. The molecule has 0 aromatic carbocycles. The fourth-order valence-electron chi connectivity index (χ4n) is 2.45. The summed E-state index contributed by atoms with van der Waals surface area (Å²) < 4.78 is 11.6. The molecule has 0 unspecified atom stereocenters. The van der Waals surface area contributed by atoms with Gasteiger partial charge in [0.1, 0.15) is 0 Å². The van der Waals surface area contributed by atoms with E-state index < -0.39 is 0 Å². The predicted octanol–water partition coefficient (Wildman–Crippen LogP) is 1.91. The van der Waals surface area contributed by atoms with Crippen LogP contribution in [0.15, 0.2) is 0 Å². The lowest BCUT2D eigenvalue weighted by Crippen LogP contribution is -2.44. The van der Waals surface area contributed by atoms with Gasteiger partial charge in [0.05, 0.1) is 24.4 Å². The van der Waals surface area contributed by atoms with Gasteiger partial charge < -0.3 is 9.47 Å². The standard InChI is InChI=1S/C12H25NO2/c1-6-14-10(4)12-11(15-9(2)3)7-8-13(12)5/h9-12H,6-8H2,1-5H3/t10-,11-,12+/m0/s1. The Balaban J connectivity index is 2.55. The Bertz CT molecular complexity index is 184. The van der Waals surface area contributed by atoms with Crippen LogP contribution in [-0.4, -0.2) is 49.5 Å². The maximum absolute atomic E-state index is 5.94. The van der Waals surface area contributed by atoms with Crippen LogP contribution in [0.1, 0.15) is 34.1 Å². The van der Waals surface area contributed by atoms with E-state index in [0.29, 0.717) is 18.2 Å². The SMILES string of the molecule is CCO[C@@H](C)[C@@H]1[C@@H](OC(C)C)CCN1C. The first kappa shape index (κ1) is 12.9. The third-order valence-corrected chi connectivity index (χ3v) is 3.01. The molecular formula is C12H25NO2. The number of likely N-dealkylation sites (N-methyl/N-ethyl adjacent to an activating group) is 1. The maximum atomic E-state index is 5.94. The lowest BCUT2D eigenvalue weighted by atomic mass is 10.1. The topological polar surface area (TPSA) is 21.7 Å². The zero-order valence-electron chi connectivity index (χ0n) is 10.7. The molecule has 0 bridgehead atoms. The van der Waals surface area contributed by atoms with Crippen molar-refractivity contribution in [2.24, 2.45) is 0 Å². The minimum atomic E-state index is 0.256. The van der Waals surface area contributed by atoms with Gasteiger partial charge in [-0.25, -0.2) is 0 Å². The van der Waals surface area contributed by atoms with Crippen LogP contribution in [0.25, 0.3) is 0 Å². The summed E-state index contributed by atoms with van der Waals surface area (Å²) in [5.74, 6) is 0. The monoisotopic (exact) mass is 215 g/mol. The second kappa shape index (κ2) is 5.83. The molecule has 0 aliphatic carbocycles. The quantitative estimate of drug-likeness (QED) is 0.699. The molecule has 0 amide bonds. The molecular weight excluding hydrogens is 190 g/mol. The molecule has 1 aliphatic heterocycles. The zero-order valence-corrected chi connectivity index (χ0v) is 10.7. The summed E-state index contributed by atoms with van der Waals surface area (Å²) in [5, 5.41) is 0. The third-order valence-electron chi connectivity index (χ3n) is 3.01. The molecule has 1 fully saturated rings. The van der Waals surface area contributed by atoms with Crippen molar-refractivity contribution in [1.82, 2.24) is 4.90 Å². The van der Waals surface area contributed by atoms with Gasteiger partial charge in [0.2, 0.25) is 0 Å². The summed E-state index contributed by atoms with van der Waals surface area (Å²) in [7, 11) is 2.16. The first-order valence-electron chi connectivity index (χ1n) is 6.03. The minimum absolute atomic E-state index is 0.256. The Morgan fingerprint density at radius 3 is 2.53 bits per heavy atom. The fourth-order valence-corrected chi connectivity index (χ4v) is 2.45. The number of hydrogen-bond donors (Lipinski definition) is 0. The molecule has 3 atom stereocenters. The molecule has 1 saturated heterocycles. The van der Waals surface area contributed by atoms with Crippen LogP contribution in [0.3, 0.4) is 0 Å². The lowest BCUT2D eigenvalue weighted by molar-refractivity contribution is -0.0600. The van der Waals surface area contributed by atoms with Crippen LogP contribution < -0.4 is 0 Å². The number of rotatable bonds is 5. The molecule has 0 saturated carbocycles. The second-order valence-electron chi connectivity index (χ2n) is 4.64. The zero-order chi connectivity index (χ0) is 11.4. The van der Waals surface area contributed by atoms with Gasteiger partial charge in [-0.3, -0.25) is 4.90 Å². The van der Waals surface area contributed by atoms with Gasteiger partial charge in [-0.2, -0.15) is 0 Å². The summed E-state index contributed by atoms with van der Waals surface area (Å²) >= 11 is 0. The first-order chi connectivity index (χ1) is 7.06. The fraction of sp³-hybridized carbons (Fsp3) is 1.00. The van der Waals surface area contributed by atoms with Crippen molar-refractivity contribution in [2.45, 2.75) is 58.5 Å². The Morgan fingerprint density at radius 2 is 2.00 bits per heavy atom. The molecule has 0 radical (unpaired) electrons. The van der Waals surface area contributed by atoms with Gasteiger partial charge in [0, 0.05) is 13.2 Å². The van der Waals surface area contributed by atoms with Gasteiger partial charge >= 0.3 is 0 Å². The largest absolute Gasteiger partial charge is 0.377 e. The Kier molecular flexibility index (Phi) is 5.03. The van der Waals surface area contributed by atoms with Crippen LogP contribution >= 0.6 is 0 Å². The smallest absolute Gasteiger partial charge is 0.0771 e. The lowest BCUT2D eigenvalue weighted by Gasteiger charge is -2.31. The highest BCUT2D eigenvalue weighted by Gasteiger charge is 2.37. The molecule has 3 nitrogen and oxygen atoms in total. The third kappa shape index (κ3) is 3.44. The van der Waals surface area contributed by atoms with Gasteiger partial charge in [0.15, 0.2) is 0 Å². The first-order valence-corrected chi connectivity index (χ1v) is 6.03. The molecule has 90 valence electrons. The molecule has 3 heteroatoms. The molecule has 0 spiro atoms. The van der Waals surface area contributed by atoms with E-state index in [0.717, 1.165) is 19.6 Å². The molecule has 1 aliphatic rings. The molecule has 1 rings (SSSR count). The van der Waals surface area contributed by atoms with E-state index in [4.69, 9.17) is 9.47 Å². The van der Waals surface area contributed by atoms with E-state index in [1.54, 1.807) is 0 Å². The summed E-state index contributed by atoms with van der Waals surface area (Å²) in [5.41, 5.74) is 0. The van der Waals surface area contributed by atoms with Crippen molar-refractivity contribution in [2.75, 3.05) is 20.2 Å². The maximum Gasteiger partial charge on any atom is 0.0771 e. The number of likely N-dealkylation sites (tertiary alicyclic amines) is 1. The van der Waals surface area contributed by atoms with E-state index >= 15 is 0 Å². The van der Waals surface area contributed by atoms with Crippen molar-refractivity contribution in [1.29, 1.82) is 0 Å². The van der Waals surface area contributed by atoms with Gasteiger partial charge in [-0.1, -0.05) is 0 Å². The summed E-state index contributed by atoms with van der Waals surface area (Å²) in [6, 6.07) is 0.410. The average molecular weight is 215 g/mol. The van der Waals surface area contributed by atoms with Crippen molar-refractivity contribution in [3.63, 3.8) is 0 Å². The number of nitrogens with zero attached hydrogens (tertiary/aromatic N) is 1. The highest BCUT2D eigenvalue weighted by atomic mass is 16.5. The average Bonchev–Trinajstić information content (AvgIpc) is 2.46. The van der Waals surface area contributed by atoms with Crippen LogP contribution in [0.2, 0.25) is 0 Å². The second-order valence-corrected chi connectivity index (χ2v) is 4.64. The highest BCUT2D eigenvalue weighted by molar-refractivity contribution is 4.90. The Morgan fingerprint density at radius 1 is 1.33 bits per heavy atom. The van der Waals surface area contributed by atoms with E-state index in [1.807, 2.05) is 6.92 Å². The van der Waals surface area contributed by atoms with Gasteiger partial charge in [-0.15, -0.1) is 0 Å². The van der Waals surface area contributed by atoms with Crippen molar-refractivity contribution < 1.29 is 9.47 Å². The van der Waals surface area contributed by atoms with Crippen molar-refractivity contribution >= 4 is 0 Å². The van der Waals surface area contributed by atoms with Crippen molar-refractivity contribution in [3.05, 3.63) is 0 Å². The van der Waals surface area contributed by atoms with E-state index in [-0.39, 0.29) is 6.10 Å². The highest BCUT2D eigenvalue weighted by Crippen LogP contribution is 2.24. The van der Waals surface area contributed by atoms with Gasteiger partial charge in [-0.05, 0) is 41.2 Å². The van der Waals surface area contributed by atoms with Crippen LogP contribution in [-0.2, 0) is 9.47 Å². The Hall–Kier alpha value is -0.120. The molecule has 15 heavy (non-hydrogen) atoms. The number of ether oxygens (including phenoxy) is 2. The van der Waals surface area contributed by atoms with Crippen LogP contribution in [0, 0.1) is 0 Å². The molecule has 0 aromatic heterocycles. The van der Waals surface area contributed by atoms with Crippen LogP contribution in [0.4, 0.5) is 0 Å². The van der Waals surface area contributed by atoms with E-state index in [9.17, 15) is 0 Å². The van der Waals surface area contributed by atoms with Crippen LogP contribution in [0.5, 0.6) is 0 Å². The summed E-state index contributed by atoms with van der Waals surface area (Å²) in [6.07, 6.45) is 2.01. The molecule has 0 N–H and O–H groups in total. The number of hydrogen-bond acceptors (Lipinski definition) is 3. The Labute approximate surface area is 93.7 Å².